The molecule has 2 heterocycles. The second-order valence-corrected chi connectivity index (χ2v) is 7.17. The predicted molar refractivity (Wildman–Crippen MR) is 103 cm³/mol. The van der Waals surface area contributed by atoms with E-state index in [-0.39, 0.29) is 11.8 Å². The third kappa shape index (κ3) is 3.77. The first-order valence-electron chi connectivity index (χ1n) is 9.38. The van der Waals surface area contributed by atoms with Gasteiger partial charge in [0.1, 0.15) is 0 Å². The quantitative estimate of drug-likeness (QED) is 0.686. The zero-order valence-corrected chi connectivity index (χ0v) is 15.7. The Hall–Kier alpha value is -2.95. The van der Waals surface area contributed by atoms with E-state index < -0.39 is 0 Å². The van der Waals surface area contributed by atoms with Gasteiger partial charge >= 0.3 is 0 Å². The minimum Gasteiger partial charge on any atom is -0.338 e. The lowest BCUT2D eigenvalue weighted by Crippen LogP contribution is -2.24. The lowest BCUT2D eigenvalue weighted by Gasteiger charge is -2.16. The molecule has 0 aliphatic carbocycles. The Morgan fingerprint density at radius 2 is 1.96 bits per heavy atom. The van der Waals surface area contributed by atoms with Crippen LogP contribution >= 0.6 is 0 Å². The largest absolute Gasteiger partial charge is 0.338 e. The van der Waals surface area contributed by atoms with Gasteiger partial charge in [-0.2, -0.15) is 4.98 Å². The number of benzene rings is 2. The lowest BCUT2D eigenvalue weighted by molar-refractivity contribution is -0.128. The third-order valence-electron chi connectivity index (χ3n) is 5.09. The first-order valence-corrected chi connectivity index (χ1v) is 9.38. The van der Waals surface area contributed by atoms with Gasteiger partial charge in [0.15, 0.2) is 5.82 Å². The van der Waals surface area contributed by atoms with Gasteiger partial charge in [0.05, 0.1) is 0 Å². The van der Waals surface area contributed by atoms with Gasteiger partial charge in [-0.1, -0.05) is 54.0 Å². The molecular formula is C22H23N3O2. The fraction of sp³-hybridized carbons (Fsp3) is 0.318. The maximum Gasteiger partial charge on any atom is 0.257 e. The SMILES string of the molecule is CCc1ccc(-c2nc(C3CC(=O)N(Cc4cccc(C)c4)C3)no2)cc1. The second kappa shape index (κ2) is 7.35. The van der Waals surface area contributed by atoms with E-state index in [2.05, 4.69) is 54.3 Å². The van der Waals surface area contributed by atoms with Crippen molar-refractivity contribution < 1.29 is 9.32 Å². The van der Waals surface area contributed by atoms with E-state index in [1.54, 1.807) is 0 Å². The molecule has 1 atom stereocenters. The summed E-state index contributed by atoms with van der Waals surface area (Å²) in [5.41, 5.74) is 4.53. The zero-order chi connectivity index (χ0) is 18.8. The van der Waals surface area contributed by atoms with Crippen molar-refractivity contribution in [1.82, 2.24) is 15.0 Å². The molecule has 1 amide bonds. The van der Waals surface area contributed by atoms with Crippen LogP contribution in [-0.2, 0) is 17.8 Å². The highest BCUT2D eigenvalue weighted by atomic mass is 16.5. The van der Waals surface area contributed by atoms with Crippen LogP contribution in [0.5, 0.6) is 0 Å². The fourth-order valence-electron chi connectivity index (χ4n) is 3.53. The summed E-state index contributed by atoms with van der Waals surface area (Å²) >= 11 is 0. The molecule has 138 valence electrons. The summed E-state index contributed by atoms with van der Waals surface area (Å²) in [5, 5.41) is 4.14. The summed E-state index contributed by atoms with van der Waals surface area (Å²) in [7, 11) is 0. The van der Waals surface area contributed by atoms with Crippen LogP contribution in [0.2, 0.25) is 0 Å². The van der Waals surface area contributed by atoms with E-state index in [0.717, 1.165) is 17.5 Å². The van der Waals surface area contributed by atoms with Gasteiger partial charge in [-0.05, 0) is 36.6 Å². The number of aromatic nitrogens is 2. The highest BCUT2D eigenvalue weighted by molar-refractivity contribution is 5.79. The van der Waals surface area contributed by atoms with Crippen LogP contribution in [0.4, 0.5) is 0 Å². The second-order valence-electron chi connectivity index (χ2n) is 7.17. The Labute approximate surface area is 159 Å². The van der Waals surface area contributed by atoms with Crippen LogP contribution in [0.25, 0.3) is 11.5 Å². The number of nitrogens with zero attached hydrogens (tertiary/aromatic N) is 3. The van der Waals surface area contributed by atoms with Crippen LogP contribution in [0.1, 0.15) is 41.8 Å². The van der Waals surface area contributed by atoms with Crippen LogP contribution < -0.4 is 0 Å². The average Bonchev–Trinajstić information content (AvgIpc) is 3.29. The van der Waals surface area contributed by atoms with Crippen molar-refractivity contribution in [2.24, 2.45) is 0 Å². The standard InChI is InChI=1S/C22H23N3O2/c1-3-16-7-9-18(10-8-16)22-23-21(24-27-22)19-12-20(26)25(14-19)13-17-6-4-5-15(2)11-17/h4-11,19H,3,12-14H2,1-2H3. The summed E-state index contributed by atoms with van der Waals surface area (Å²) in [6.07, 6.45) is 1.43. The van der Waals surface area contributed by atoms with Crippen molar-refractivity contribution in [3.05, 3.63) is 71.0 Å². The molecule has 27 heavy (non-hydrogen) atoms. The van der Waals surface area contributed by atoms with Gasteiger partial charge in [0.25, 0.3) is 5.89 Å². The first kappa shape index (κ1) is 17.5. The van der Waals surface area contributed by atoms with Crippen LogP contribution in [0.3, 0.4) is 0 Å². The number of aryl methyl sites for hydroxylation is 2. The molecule has 0 saturated carbocycles. The summed E-state index contributed by atoms with van der Waals surface area (Å²) in [4.78, 5) is 18.9. The Bertz CT molecular complexity index is 946. The highest BCUT2D eigenvalue weighted by Gasteiger charge is 2.33. The molecule has 1 fully saturated rings. The van der Waals surface area contributed by atoms with E-state index in [1.165, 1.54) is 11.1 Å². The summed E-state index contributed by atoms with van der Waals surface area (Å²) in [6.45, 7) is 5.44. The molecule has 5 heteroatoms. The summed E-state index contributed by atoms with van der Waals surface area (Å²) in [6, 6.07) is 16.4. The molecule has 1 saturated heterocycles. The molecule has 0 N–H and O–H groups in total. The highest BCUT2D eigenvalue weighted by Crippen LogP contribution is 2.29. The number of hydrogen-bond acceptors (Lipinski definition) is 4. The van der Waals surface area contributed by atoms with Crippen molar-refractivity contribution in [2.45, 2.75) is 39.2 Å². The van der Waals surface area contributed by atoms with E-state index in [9.17, 15) is 4.79 Å². The van der Waals surface area contributed by atoms with E-state index >= 15 is 0 Å². The Kier molecular flexibility index (Phi) is 4.75. The van der Waals surface area contributed by atoms with Gasteiger partial charge in [-0.3, -0.25) is 4.79 Å². The lowest BCUT2D eigenvalue weighted by atomic mass is 10.1. The molecule has 1 aliphatic heterocycles. The smallest absolute Gasteiger partial charge is 0.257 e. The fourth-order valence-corrected chi connectivity index (χ4v) is 3.53. The molecule has 1 aromatic heterocycles. The van der Waals surface area contributed by atoms with E-state index in [4.69, 9.17) is 4.52 Å². The van der Waals surface area contributed by atoms with Gasteiger partial charge < -0.3 is 9.42 Å². The molecule has 3 aromatic rings. The molecule has 0 spiro atoms. The van der Waals surface area contributed by atoms with Gasteiger partial charge in [0, 0.05) is 31.0 Å². The van der Waals surface area contributed by atoms with Crippen LogP contribution in [0, 0.1) is 6.92 Å². The number of amides is 1. The topological polar surface area (TPSA) is 59.2 Å². The predicted octanol–water partition coefficient (Wildman–Crippen LogP) is 4.12. The number of rotatable bonds is 5. The van der Waals surface area contributed by atoms with E-state index in [0.29, 0.717) is 31.2 Å². The molecule has 0 radical (unpaired) electrons. The van der Waals surface area contributed by atoms with Crippen molar-refractivity contribution in [2.75, 3.05) is 6.54 Å². The molecule has 1 unspecified atom stereocenters. The van der Waals surface area contributed by atoms with Gasteiger partial charge in [0.2, 0.25) is 5.91 Å². The zero-order valence-electron chi connectivity index (χ0n) is 15.7. The minimum atomic E-state index is -0.0188. The molecular weight excluding hydrogens is 338 g/mol. The summed E-state index contributed by atoms with van der Waals surface area (Å²) < 4.78 is 5.45. The van der Waals surface area contributed by atoms with Crippen molar-refractivity contribution in [3.8, 4) is 11.5 Å². The third-order valence-corrected chi connectivity index (χ3v) is 5.09. The number of carbonyl (C=O) groups excluding carboxylic acids is 1. The number of carbonyl (C=O) groups is 1. The molecule has 1 aliphatic rings. The van der Waals surface area contributed by atoms with Gasteiger partial charge in [-0.15, -0.1) is 0 Å². The van der Waals surface area contributed by atoms with Crippen LogP contribution in [-0.4, -0.2) is 27.5 Å². The van der Waals surface area contributed by atoms with Crippen molar-refractivity contribution in [3.63, 3.8) is 0 Å². The minimum absolute atomic E-state index is 0.0188. The molecule has 2 aromatic carbocycles. The van der Waals surface area contributed by atoms with Crippen molar-refractivity contribution in [1.29, 1.82) is 0 Å². The van der Waals surface area contributed by atoms with Gasteiger partial charge in [-0.25, -0.2) is 0 Å². The molecule has 4 rings (SSSR count). The first-order chi connectivity index (χ1) is 13.1. The molecule has 0 bridgehead atoms. The normalized spacial score (nSPS) is 16.9. The monoisotopic (exact) mass is 361 g/mol. The average molecular weight is 361 g/mol. The Balaban J connectivity index is 1.46. The van der Waals surface area contributed by atoms with Crippen molar-refractivity contribution >= 4 is 5.91 Å². The maximum absolute atomic E-state index is 12.4. The molecule has 5 nitrogen and oxygen atoms in total. The number of likely N-dealkylation sites (tertiary alicyclic amines) is 1. The van der Waals surface area contributed by atoms with E-state index in [1.807, 2.05) is 23.1 Å². The Morgan fingerprint density at radius 1 is 1.15 bits per heavy atom. The Morgan fingerprint density at radius 3 is 2.70 bits per heavy atom. The summed E-state index contributed by atoms with van der Waals surface area (Å²) in [5.74, 6) is 1.25. The van der Waals surface area contributed by atoms with Crippen LogP contribution in [0.15, 0.2) is 53.1 Å². The maximum atomic E-state index is 12.4. The number of hydrogen-bond donors (Lipinski definition) is 0.